The molecule has 0 saturated carbocycles. The Labute approximate surface area is 90.7 Å². The van der Waals surface area contributed by atoms with Gasteiger partial charge >= 0.3 is 0 Å². The molecular formula is C12H16ClN. The van der Waals surface area contributed by atoms with Crippen molar-refractivity contribution in [2.75, 3.05) is 19.6 Å². The summed E-state index contributed by atoms with van der Waals surface area (Å²) < 4.78 is 0. The van der Waals surface area contributed by atoms with E-state index in [-0.39, 0.29) is 5.38 Å². The van der Waals surface area contributed by atoms with Crippen molar-refractivity contribution in [2.45, 2.75) is 18.2 Å². The lowest BCUT2D eigenvalue weighted by Gasteiger charge is -2.18. The van der Waals surface area contributed by atoms with Gasteiger partial charge in [-0.1, -0.05) is 30.3 Å². The van der Waals surface area contributed by atoms with E-state index in [4.69, 9.17) is 11.6 Å². The summed E-state index contributed by atoms with van der Waals surface area (Å²) in [4.78, 5) is 2.45. The first-order chi connectivity index (χ1) is 6.86. The highest BCUT2D eigenvalue weighted by molar-refractivity contribution is 6.21. The molecule has 1 aromatic carbocycles. The van der Waals surface area contributed by atoms with E-state index in [0.717, 1.165) is 6.54 Å². The van der Waals surface area contributed by atoms with Crippen molar-refractivity contribution < 1.29 is 0 Å². The Bertz CT molecular complexity index is 267. The molecule has 0 aromatic heterocycles. The van der Waals surface area contributed by atoms with E-state index in [1.165, 1.54) is 31.5 Å². The number of hydrogen-bond acceptors (Lipinski definition) is 1. The molecule has 1 heterocycles. The summed E-state index contributed by atoms with van der Waals surface area (Å²) in [5.41, 5.74) is 1.24. The van der Waals surface area contributed by atoms with Gasteiger partial charge in [-0.15, -0.1) is 11.6 Å². The molecule has 1 nitrogen and oxygen atoms in total. The van der Waals surface area contributed by atoms with Crippen molar-refractivity contribution in [3.05, 3.63) is 35.9 Å². The summed E-state index contributed by atoms with van der Waals surface area (Å²) in [5.74, 6) is 0. The zero-order valence-corrected chi connectivity index (χ0v) is 9.08. The molecule has 0 N–H and O–H groups in total. The normalized spacial score (nSPS) is 19.8. The molecule has 0 amide bonds. The highest BCUT2D eigenvalue weighted by Crippen LogP contribution is 2.22. The molecule has 1 unspecified atom stereocenters. The molecule has 1 aliphatic rings. The number of benzene rings is 1. The number of nitrogens with zero attached hydrogens (tertiary/aromatic N) is 1. The summed E-state index contributed by atoms with van der Waals surface area (Å²) >= 11 is 6.34. The number of alkyl halides is 1. The third-order valence-electron chi connectivity index (χ3n) is 2.78. The van der Waals surface area contributed by atoms with E-state index in [2.05, 4.69) is 29.2 Å². The molecule has 76 valence electrons. The van der Waals surface area contributed by atoms with Crippen LogP contribution in [0.1, 0.15) is 23.8 Å². The van der Waals surface area contributed by atoms with E-state index in [9.17, 15) is 0 Å². The van der Waals surface area contributed by atoms with Crippen LogP contribution in [0, 0.1) is 0 Å². The monoisotopic (exact) mass is 209 g/mol. The van der Waals surface area contributed by atoms with Gasteiger partial charge in [0.25, 0.3) is 0 Å². The Hall–Kier alpha value is -0.530. The third-order valence-corrected chi connectivity index (χ3v) is 3.17. The van der Waals surface area contributed by atoms with Gasteiger partial charge in [-0.2, -0.15) is 0 Å². The molecule has 2 heteroatoms. The maximum absolute atomic E-state index is 6.34. The molecule has 1 fully saturated rings. The number of hydrogen-bond donors (Lipinski definition) is 0. The minimum atomic E-state index is 0.147. The standard InChI is InChI=1S/C12H16ClN/c13-12(10-14-8-4-5-9-14)11-6-2-1-3-7-11/h1-3,6-7,12H,4-5,8-10H2. The van der Waals surface area contributed by atoms with Gasteiger partial charge in [-0.3, -0.25) is 0 Å². The first-order valence-corrected chi connectivity index (χ1v) is 5.71. The summed E-state index contributed by atoms with van der Waals surface area (Å²) in [6.45, 7) is 3.43. The van der Waals surface area contributed by atoms with E-state index in [0.29, 0.717) is 0 Å². The van der Waals surface area contributed by atoms with Gasteiger partial charge in [-0.25, -0.2) is 0 Å². The topological polar surface area (TPSA) is 3.24 Å². The van der Waals surface area contributed by atoms with Gasteiger partial charge in [0, 0.05) is 6.54 Å². The van der Waals surface area contributed by atoms with Gasteiger partial charge in [0.05, 0.1) is 5.38 Å². The average Bonchev–Trinajstić information content (AvgIpc) is 2.72. The molecule has 0 aliphatic carbocycles. The van der Waals surface area contributed by atoms with Crippen LogP contribution in [0.15, 0.2) is 30.3 Å². The summed E-state index contributed by atoms with van der Waals surface area (Å²) in [6.07, 6.45) is 2.66. The molecule has 1 atom stereocenters. The van der Waals surface area contributed by atoms with Crippen LogP contribution in [0.4, 0.5) is 0 Å². The predicted octanol–water partition coefficient (Wildman–Crippen LogP) is 3.06. The lowest BCUT2D eigenvalue weighted by atomic mass is 10.1. The highest BCUT2D eigenvalue weighted by Gasteiger charge is 2.16. The first-order valence-electron chi connectivity index (χ1n) is 5.27. The Morgan fingerprint density at radius 3 is 2.43 bits per heavy atom. The molecule has 0 bridgehead atoms. The Morgan fingerprint density at radius 1 is 1.14 bits per heavy atom. The van der Waals surface area contributed by atoms with Crippen LogP contribution in [0.2, 0.25) is 0 Å². The van der Waals surface area contributed by atoms with Crippen molar-refractivity contribution in [3.63, 3.8) is 0 Å². The summed E-state index contributed by atoms with van der Waals surface area (Å²) in [6, 6.07) is 10.3. The van der Waals surface area contributed by atoms with Crippen LogP contribution in [0.3, 0.4) is 0 Å². The van der Waals surface area contributed by atoms with Crippen LogP contribution < -0.4 is 0 Å². The molecule has 1 saturated heterocycles. The van der Waals surface area contributed by atoms with Crippen molar-refractivity contribution in [3.8, 4) is 0 Å². The maximum atomic E-state index is 6.34. The van der Waals surface area contributed by atoms with E-state index in [1.807, 2.05) is 6.07 Å². The third kappa shape index (κ3) is 2.49. The zero-order chi connectivity index (χ0) is 9.80. The Kier molecular flexibility index (Phi) is 3.44. The average molecular weight is 210 g/mol. The van der Waals surface area contributed by atoms with Crippen molar-refractivity contribution in [2.24, 2.45) is 0 Å². The van der Waals surface area contributed by atoms with Crippen LogP contribution in [0.5, 0.6) is 0 Å². The fourth-order valence-corrected chi connectivity index (χ4v) is 2.30. The second-order valence-electron chi connectivity index (χ2n) is 3.89. The highest BCUT2D eigenvalue weighted by atomic mass is 35.5. The van der Waals surface area contributed by atoms with E-state index >= 15 is 0 Å². The Morgan fingerprint density at radius 2 is 1.79 bits per heavy atom. The second-order valence-corrected chi connectivity index (χ2v) is 4.41. The summed E-state index contributed by atoms with van der Waals surface area (Å²) in [5, 5.41) is 0.147. The SMILES string of the molecule is ClC(CN1CCCC1)c1ccccc1. The predicted molar refractivity (Wildman–Crippen MR) is 60.7 cm³/mol. The van der Waals surface area contributed by atoms with E-state index in [1.54, 1.807) is 0 Å². The molecular weight excluding hydrogens is 194 g/mol. The molecule has 0 radical (unpaired) electrons. The summed E-state index contributed by atoms with van der Waals surface area (Å²) in [7, 11) is 0. The van der Waals surface area contributed by atoms with Crippen LogP contribution in [-0.4, -0.2) is 24.5 Å². The minimum absolute atomic E-state index is 0.147. The second kappa shape index (κ2) is 4.81. The van der Waals surface area contributed by atoms with Crippen molar-refractivity contribution >= 4 is 11.6 Å². The fourth-order valence-electron chi connectivity index (χ4n) is 1.96. The van der Waals surface area contributed by atoms with Gasteiger partial charge in [0.2, 0.25) is 0 Å². The maximum Gasteiger partial charge on any atom is 0.0712 e. The lowest BCUT2D eigenvalue weighted by molar-refractivity contribution is 0.339. The quantitative estimate of drug-likeness (QED) is 0.692. The van der Waals surface area contributed by atoms with Gasteiger partial charge in [-0.05, 0) is 31.5 Å². The van der Waals surface area contributed by atoms with Crippen molar-refractivity contribution in [1.29, 1.82) is 0 Å². The van der Waals surface area contributed by atoms with Crippen LogP contribution in [0.25, 0.3) is 0 Å². The molecule has 1 aliphatic heterocycles. The first kappa shape index (κ1) is 10.0. The van der Waals surface area contributed by atoms with E-state index < -0.39 is 0 Å². The molecule has 14 heavy (non-hydrogen) atoms. The lowest BCUT2D eigenvalue weighted by Crippen LogP contribution is -2.23. The number of halogens is 1. The van der Waals surface area contributed by atoms with Crippen LogP contribution in [-0.2, 0) is 0 Å². The van der Waals surface area contributed by atoms with Gasteiger partial charge in [0.15, 0.2) is 0 Å². The Balaban J connectivity index is 1.92. The zero-order valence-electron chi connectivity index (χ0n) is 8.32. The van der Waals surface area contributed by atoms with Crippen molar-refractivity contribution in [1.82, 2.24) is 4.90 Å². The number of rotatable bonds is 3. The molecule has 1 aromatic rings. The van der Waals surface area contributed by atoms with Crippen LogP contribution >= 0.6 is 11.6 Å². The number of likely N-dealkylation sites (tertiary alicyclic amines) is 1. The minimum Gasteiger partial charge on any atom is -0.302 e. The van der Waals surface area contributed by atoms with Gasteiger partial charge in [0.1, 0.15) is 0 Å². The largest absolute Gasteiger partial charge is 0.302 e. The van der Waals surface area contributed by atoms with Gasteiger partial charge < -0.3 is 4.90 Å². The fraction of sp³-hybridized carbons (Fsp3) is 0.500. The smallest absolute Gasteiger partial charge is 0.0712 e. The molecule has 0 spiro atoms. The molecule has 2 rings (SSSR count).